The van der Waals surface area contributed by atoms with Crippen molar-refractivity contribution in [2.45, 2.75) is 78.0 Å². The fraction of sp³-hybridized carbons (Fsp3) is 1.00. The lowest BCUT2D eigenvalue weighted by molar-refractivity contribution is -0.135. The third kappa shape index (κ3) is 3.20. The molecule has 1 spiro atoms. The van der Waals surface area contributed by atoms with E-state index in [0.717, 1.165) is 19.8 Å². The van der Waals surface area contributed by atoms with Crippen LogP contribution in [0.15, 0.2) is 0 Å². The summed E-state index contributed by atoms with van der Waals surface area (Å²) in [4.78, 5) is 0. The zero-order valence-electron chi connectivity index (χ0n) is 13.8. The number of rotatable bonds is 8. The minimum absolute atomic E-state index is 0.426. The molecule has 3 unspecified atom stereocenters. The first-order valence-corrected chi connectivity index (χ1v) is 8.59. The van der Waals surface area contributed by atoms with Crippen LogP contribution in [-0.2, 0) is 9.47 Å². The highest BCUT2D eigenvalue weighted by Gasteiger charge is 2.56. The molecule has 0 aromatic carbocycles. The van der Waals surface area contributed by atoms with Crippen LogP contribution in [0.5, 0.6) is 0 Å². The van der Waals surface area contributed by atoms with Gasteiger partial charge in [-0.2, -0.15) is 0 Å². The lowest BCUT2D eigenvalue weighted by Crippen LogP contribution is -2.65. The average Bonchev–Trinajstić information content (AvgIpc) is 2.93. The minimum atomic E-state index is 0.426. The van der Waals surface area contributed by atoms with Gasteiger partial charge in [0.15, 0.2) is 0 Å². The van der Waals surface area contributed by atoms with Crippen molar-refractivity contribution in [1.29, 1.82) is 0 Å². The van der Waals surface area contributed by atoms with E-state index in [1.54, 1.807) is 0 Å². The highest BCUT2D eigenvalue weighted by Crippen LogP contribution is 2.54. The number of hydrogen-bond donors (Lipinski definition) is 1. The van der Waals surface area contributed by atoms with Crippen molar-refractivity contribution in [3.05, 3.63) is 0 Å². The monoisotopic (exact) mass is 283 g/mol. The first-order valence-electron chi connectivity index (χ1n) is 8.59. The molecule has 0 bridgehead atoms. The average molecular weight is 283 g/mol. The Bertz CT molecular complexity index is 287. The maximum absolute atomic E-state index is 6.00. The van der Waals surface area contributed by atoms with Gasteiger partial charge in [-0.3, -0.25) is 0 Å². The first kappa shape index (κ1) is 16.3. The van der Waals surface area contributed by atoms with Crippen molar-refractivity contribution < 1.29 is 9.47 Å². The molecule has 0 heterocycles. The molecule has 0 radical (unpaired) electrons. The van der Waals surface area contributed by atoms with Crippen LogP contribution in [0, 0.1) is 11.3 Å². The second-order valence-electron chi connectivity index (χ2n) is 6.85. The molecule has 2 aliphatic rings. The lowest BCUT2D eigenvalue weighted by Gasteiger charge is -2.55. The molecule has 0 saturated heterocycles. The van der Waals surface area contributed by atoms with Crippen LogP contribution in [0.1, 0.15) is 59.8 Å². The van der Waals surface area contributed by atoms with Gasteiger partial charge < -0.3 is 14.8 Å². The molecular weight excluding hydrogens is 250 g/mol. The maximum Gasteiger partial charge on any atom is 0.0661 e. The van der Waals surface area contributed by atoms with Crippen LogP contribution in [0.2, 0.25) is 0 Å². The van der Waals surface area contributed by atoms with Crippen molar-refractivity contribution in [3.8, 4) is 0 Å². The Balaban J connectivity index is 1.94. The first-order chi connectivity index (χ1) is 9.64. The summed E-state index contributed by atoms with van der Waals surface area (Å²) >= 11 is 0. The normalized spacial score (nSPS) is 29.9. The quantitative estimate of drug-likeness (QED) is 0.741. The van der Waals surface area contributed by atoms with E-state index in [1.165, 1.54) is 32.1 Å². The van der Waals surface area contributed by atoms with Crippen LogP contribution in [-0.4, -0.2) is 38.0 Å². The summed E-state index contributed by atoms with van der Waals surface area (Å²) in [6.07, 6.45) is 7.11. The standard InChI is InChI=1S/C17H33NO2/c1-5-19-12-14(13(3)4)18-15-11-16(20-6-2)17(15)9-7-8-10-17/h13-16,18H,5-12H2,1-4H3. The third-order valence-corrected chi connectivity index (χ3v) is 5.41. The van der Waals surface area contributed by atoms with E-state index in [1.807, 2.05) is 0 Å². The highest BCUT2D eigenvalue weighted by atomic mass is 16.5. The van der Waals surface area contributed by atoms with Crippen LogP contribution < -0.4 is 5.32 Å². The predicted octanol–water partition coefficient (Wildman–Crippen LogP) is 3.37. The zero-order chi connectivity index (χ0) is 14.6. The van der Waals surface area contributed by atoms with Crippen LogP contribution in [0.4, 0.5) is 0 Å². The van der Waals surface area contributed by atoms with Crippen molar-refractivity contribution in [2.75, 3.05) is 19.8 Å². The predicted molar refractivity (Wildman–Crippen MR) is 83.0 cm³/mol. The fourth-order valence-electron chi connectivity index (χ4n) is 4.06. The maximum atomic E-state index is 6.00. The highest BCUT2D eigenvalue weighted by molar-refractivity contribution is 5.10. The van der Waals surface area contributed by atoms with E-state index in [0.29, 0.717) is 29.5 Å². The SMILES string of the molecule is CCOCC(NC1CC(OCC)C12CCCC2)C(C)C. The molecule has 2 saturated carbocycles. The van der Waals surface area contributed by atoms with E-state index in [9.17, 15) is 0 Å². The van der Waals surface area contributed by atoms with Gasteiger partial charge in [0.1, 0.15) is 0 Å². The Hall–Kier alpha value is -0.120. The largest absolute Gasteiger partial charge is 0.380 e. The van der Waals surface area contributed by atoms with Gasteiger partial charge >= 0.3 is 0 Å². The topological polar surface area (TPSA) is 30.5 Å². The lowest BCUT2D eigenvalue weighted by atomic mass is 9.60. The Morgan fingerprint density at radius 2 is 1.85 bits per heavy atom. The van der Waals surface area contributed by atoms with Crippen LogP contribution in [0.3, 0.4) is 0 Å². The smallest absolute Gasteiger partial charge is 0.0661 e. The summed E-state index contributed by atoms with van der Waals surface area (Å²) < 4.78 is 11.7. The molecule has 0 aliphatic heterocycles. The van der Waals surface area contributed by atoms with Crippen LogP contribution >= 0.6 is 0 Å². The minimum Gasteiger partial charge on any atom is -0.380 e. The summed E-state index contributed by atoms with van der Waals surface area (Å²) in [6, 6.07) is 1.11. The van der Waals surface area contributed by atoms with Gasteiger partial charge in [-0.25, -0.2) is 0 Å². The third-order valence-electron chi connectivity index (χ3n) is 5.41. The molecule has 2 rings (SSSR count). The molecular formula is C17H33NO2. The van der Waals surface area contributed by atoms with Crippen molar-refractivity contribution in [2.24, 2.45) is 11.3 Å². The molecule has 0 aromatic heterocycles. The number of hydrogen-bond acceptors (Lipinski definition) is 3. The van der Waals surface area contributed by atoms with Crippen molar-refractivity contribution >= 4 is 0 Å². The fourth-order valence-corrected chi connectivity index (χ4v) is 4.06. The van der Waals surface area contributed by atoms with E-state index in [-0.39, 0.29) is 0 Å². The van der Waals surface area contributed by atoms with Gasteiger partial charge in [0, 0.05) is 30.7 Å². The number of ether oxygens (including phenoxy) is 2. The molecule has 2 aliphatic carbocycles. The summed E-state index contributed by atoms with van der Waals surface area (Å²) in [5.74, 6) is 0.617. The molecule has 118 valence electrons. The molecule has 0 aromatic rings. The summed E-state index contributed by atoms with van der Waals surface area (Å²) in [5.41, 5.74) is 0.426. The van der Waals surface area contributed by atoms with Gasteiger partial charge in [-0.05, 0) is 39.0 Å². The summed E-state index contributed by atoms with van der Waals surface area (Å²) in [7, 11) is 0. The van der Waals surface area contributed by atoms with Crippen molar-refractivity contribution in [3.63, 3.8) is 0 Å². The molecule has 0 amide bonds. The molecule has 3 nitrogen and oxygen atoms in total. The van der Waals surface area contributed by atoms with Crippen LogP contribution in [0.25, 0.3) is 0 Å². The van der Waals surface area contributed by atoms with Gasteiger partial charge in [-0.1, -0.05) is 26.7 Å². The Morgan fingerprint density at radius 1 is 1.15 bits per heavy atom. The molecule has 1 N–H and O–H groups in total. The molecule has 3 heteroatoms. The molecule has 3 atom stereocenters. The Kier molecular flexibility index (Phi) is 5.88. The van der Waals surface area contributed by atoms with Gasteiger partial charge in [0.25, 0.3) is 0 Å². The van der Waals surface area contributed by atoms with Crippen molar-refractivity contribution in [1.82, 2.24) is 5.32 Å². The van der Waals surface area contributed by atoms with E-state index in [4.69, 9.17) is 9.47 Å². The molecule has 20 heavy (non-hydrogen) atoms. The summed E-state index contributed by atoms with van der Waals surface area (Å²) in [6.45, 7) is 11.3. The second kappa shape index (κ2) is 7.24. The van der Waals surface area contributed by atoms with Gasteiger partial charge in [0.05, 0.1) is 12.7 Å². The Labute approximate surface area is 124 Å². The zero-order valence-corrected chi connectivity index (χ0v) is 13.8. The molecule has 2 fully saturated rings. The van der Waals surface area contributed by atoms with E-state index in [2.05, 4.69) is 33.0 Å². The second-order valence-corrected chi connectivity index (χ2v) is 6.85. The number of nitrogens with one attached hydrogen (secondary N) is 1. The summed E-state index contributed by atoms with van der Waals surface area (Å²) in [5, 5.41) is 3.90. The Morgan fingerprint density at radius 3 is 2.40 bits per heavy atom. The van der Waals surface area contributed by atoms with Gasteiger partial charge in [0.2, 0.25) is 0 Å². The van der Waals surface area contributed by atoms with E-state index >= 15 is 0 Å². The van der Waals surface area contributed by atoms with Gasteiger partial charge in [-0.15, -0.1) is 0 Å². The van der Waals surface area contributed by atoms with E-state index < -0.39 is 0 Å².